The highest BCUT2D eigenvalue weighted by Gasteiger charge is 2.04. The molecule has 0 radical (unpaired) electrons. The minimum atomic E-state index is -0.536. The second-order valence-electron chi connectivity index (χ2n) is 6.32. The number of primary amides is 1. The monoisotopic (exact) mass is 419 g/mol. The fourth-order valence-electron chi connectivity index (χ4n) is 2.47. The van der Waals surface area contributed by atoms with Crippen LogP contribution >= 0.6 is 11.8 Å². The Kier molecular flexibility index (Phi) is 7.63. The Morgan fingerprint density at radius 3 is 2.33 bits per heavy atom. The first-order chi connectivity index (χ1) is 14.6. The number of rotatable bonds is 9. The Morgan fingerprint density at radius 2 is 1.67 bits per heavy atom. The van der Waals surface area contributed by atoms with Crippen LogP contribution in [0, 0.1) is 0 Å². The molecule has 3 aromatic rings. The summed E-state index contributed by atoms with van der Waals surface area (Å²) in [5.74, 6) is 0.546. The fraction of sp³-hybridized carbons (Fsp3) is 0.0870. The predicted octanol–water partition coefficient (Wildman–Crippen LogP) is 3.61. The van der Waals surface area contributed by atoms with Gasteiger partial charge < -0.3 is 10.5 Å². The average molecular weight is 420 g/mol. The number of nitrogens with two attached hydrogens (primary N) is 1. The van der Waals surface area contributed by atoms with E-state index in [9.17, 15) is 9.59 Å². The molecule has 2 amide bonds. The summed E-state index contributed by atoms with van der Waals surface area (Å²) in [7, 11) is 0. The number of thioether (sulfide) groups is 1. The van der Waals surface area contributed by atoms with Gasteiger partial charge in [-0.25, -0.2) is 5.43 Å². The minimum absolute atomic E-state index is 0.173. The van der Waals surface area contributed by atoms with Gasteiger partial charge in [-0.3, -0.25) is 9.59 Å². The van der Waals surface area contributed by atoms with E-state index in [4.69, 9.17) is 10.5 Å². The van der Waals surface area contributed by atoms with E-state index < -0.39 is 5.91 Å². The van der Waals surface area contributed by atoms with E-state index in [1.54, 1.807) is 48.2 Å². The second kappa shape index (κ2) is 10.8. The molecule has 6 nitrogen and oxygen atoms in total. The average Bonchev–Trinajstić information content (AvgIpc) is 2.78. The Balaban J connectivity index is 1.47. The second-order valence-corrected chi connectivity index (χ2v) is 7.37. The molecule has 0 aliphatic heterocycles. The maximum Gasteiger partial charge on any atom is 0.271 e. The van der Waals surface area contributed by atoms with Crippen LogP contribution in [0.25, 0.3) is 0 Å². The number of amides is 2. The summed E-state index contributed by atoms with van der Waals surface area (Å²) < 4.78 is 5.18. The van der Waals surface area contributed by atoms with E-state index in [-0.39, 0.29) is 12.5 Å². The number of ether oxygens (including phenoxy) is 1. The lowest BCUT2D eigenvalue weighted by atomic mass is 10.1. The molecule has 152 valence electrons. The maximum absolute atomic E-state index is 12.2. The molecule has 0 spiro atoms. The summed E-state index contributed by atoms with van der Waals surface area (Å²) in [6, 6.07) is 24.5. The number of hydrazone groups is 1. The molecule has 3 aromatic carbocycles. The molecule has 0 heterocycles. The van der Waals surface area contributed by atoms with Crippen molar-refractivity contribution in [1.82, 2.24) is 5.43 Å². The smallest absolute Gasteiger partial charge is 0.271 e. The molecule has 0 aliphatic rings. The van der Waals surface area contributed by atoms with E-state index in [0.29, 0.717) is 11.3 Å². The van der Waals surface area contributed by atoms with Crippen LogP contribution in [0.1, 0.15) is 21.5 Å². The van der Waals surface area contributed by atoms with Crippen molar-refractivity contribution in [2.75, 3.05) is 6.61 Å². The molecule has 0 saturated heterocycles. The van der Waals surface area contributed by atoms with Crippen LogP contribution in [0.5, 0.6) is 5.75 Å². The highest BCUT2D eigenvalue weighted by Crippen LogP contribution is 2.22. The highest BCUT2D eigenvalue weighted by molar-refractivity contribution is 7.98. The van der Waals surface area contributed by atoms with Crippen LogP contribution in [0.4, 0.5) is 0 Å². The molecule has 30 heavy (non-hydrogen) atoms. The van der Waals surface area contributed by atoms with Crippen molar-refractivity contribution >= 4 is 29.8 Å². The lowest BCUT2D eigenvalue weighted by molar-refractivity contribution is -0.119. The molecule has 7 heteroatoms. The van der Waals surface area contributed by atoms with Gasteiger partial charge in [0.1, 0.15) is 5.75 Å². The highest BCUT2D eigenvalue weighted by atomic mass is 32.2. The Bertz CT molecular complexity index is 1000. The van der Waals surface area contributed by atoms with E-state index in [0.717, 1.165) is 16.9 Å². The minimum Gasteiger partial charge on any atom is -0.484 e. The van der Waals surface area contributed by atoms with Crippen molar-refractivity contribution < 1.29 is 14.3 Å². The Morgan fingerprint density at radius 1 is 0.967 bits per heavy atom. The van der Waals surface area contributed by atoms with Crippen molar-refractivity contribution in [3.8, 4) is 5.75 Å². The van der Waals surface area contributed by atoms with Crippen molar-refractivity contribution in [1.29, 1.82) is 0 Å². The standard InChI is InChI=1S/C23H21N3O3S/c24-22(27)15-29-20-12-8-17(9-13-20)14-25-26-23(28)19-10-6-18(7-11-19)16-30-21-4-2-1-3-5-21/h1-14H,15-16H2,(H2,24,27)(H,26,28). The number of carbonyl (C=O) groups is 2. The number of hydrogen-bond acceptors (Lipinski definition) is 5. The molecule has 0 unspecified atom stereocenters. The summed E-state index contributed by atoms with van der Waals surface area (Å²) in [5, 5.41) is 3.98. The zero-order valence-corrected chi connectivity index (χ0v) is 17.0. The van der Waals surface area contributed by atoms with Crippen LogP contribution in [0.2, 0.25) is 0 Å². The number of benzene rings is 3. The van der Waals surface area contributed by atoms with Gasteiger partial charge >= 0.3 is 0 Å². The lowest BCUT2D eigenvalue weighted by Gasteiger charge is -2.04. The van der Waals surface area contributed by atoms with Crippen LogP contribution in [0.15, 0.2) is 88.9 Å². The summed E-state index contributed by atoms with van der Waals surface area (Å²) in [6.07, 6.45) is 1.53. The normalized spacial score (nSPS) is 10.7. The van der Waals surface area contributed by atoms with Gasteiger partial charge in [0, 0.05) is 16.2 Å². The maximum atomic E-state index is 12.2. The van der Waals surface area contributed by atoms with Gasteiger partial charge in [-0.05, 0) is 59.7 Å². The summed E-state index contributed by atoms with van der Waals surface area (Å²) in [6.45, 7) is -0.173. The van der Waals surface area contributed by atoms with E-state index in [2.05, 4.69) is 22.7 Å². The molecule has 0 bridgehead atoms. The lowest BCUT2D eigenvalue weighted by Crippen LogP contribution is -2.20. The first kappa shape index (κ1) is 21.1. The van der Waals surface area contributed by atoms with E-state index in [1.165, 1.54) is 11.1 Å². The predicted molar refractivity (Wildman–Crippen MR) is 119 cm³/mol. The molecule has 0 aromatic heterocycles. The third-order valence-electron chi connectivity index (χ3n) is 4.01. The fourth-order valence-corrected chi connectivity index (χ4v) is 3.35. The summed E-state index contributed by atoms with van der Waals surface area (Å²) in [4.78, 5) is 24.2. The van der Waals surface area contributed by atoms with Crippen molar-refractivity contribution in [3.63, 3.8) is 0 Å². The van der Waals surface area contributed by atoms with Gasteiger partial charge in [0.25, 0.3) is 11.8 Å². The first-order valence-corrected chi connectivity index (χ1v) is 10.2. The quantitative estimate of drug-likeness (QED) is 0.315. The van der Waals surface area contributed by atoms with Gasteiger partial charge in [-0.15, -0.1) is 11.8 Å². The Hall–Kier alpha value is -3.58. The third kappa shape index (κ3) is 6.79. The van der Waals surface area contributed by atoms with Crippen molar-refractivity contribution in [2.45, 2.75) is 10.6 Å². The topological polar surface area (TPSA) is 93.8 Å². The van der Waals surface area contributed by atoms with Crippen LogP contribution in [-0.4, -0.2) is 24.6 Å². The Labute approximate surface area is 179 Å². The van der Waals surface area contributed by atoms with E-state index in [1.807, 2.05) is 30.3 Å². The van der Waals surface area contributed by atoms with Crippen LogP contribution in [0.3, 0.4) is 0 Å². The van der Waals surface area contributed by atoms with Crippen molar-refractivity contribution in [3.05, 3.63) is 95.6 Å². The molecule has 3 rings (SSSR count). The molecular weight excluding hydrogens is 398 g/mol. The number of nitrogens with zero attached hydrogens (tertiary/aromatic N) is 1. The van der Waals surface area contributed by atoms with Crippen LogP contribution in [-0.2, 0) is 10.5 Å². The number of nitrogens with one attached hydrogen (secondary N) is 1. The molecule has 0 atom stereocenters. The zero-order chi connectivity index (χ0) is 21.2. The molecular formula is C23H21N3O3S. The van der Waals surface area contributed by atoms with Gasteiger partial charge in [-0.1, -0.05) is 30.3 Å². The van der Waals surface area contributed by atoms with E-state index >= 15 is 0 Å². The third-order valence-corrected chi connectivity index (χ3v) is 5.09. The van der Waals surface area contributed by atoms with Gasteiger partial charge in [0.15, 0.2) is 6.61 Å². The largest absolute Gasteiger partial charge is 0.484 e. The molecule has 3 N–H and O–H groups in total. The van der Waals surface area contributed by atoms with Gasteiger partial charge in [0.05, 0.1) is 6.21 Å². The van der Waals surface area contributed by atoms with Gasteiger partial charge in [-0.2, -0.15) is 5.10 Å². The molecule has 0 aliphatic carbocycles. The van der Waals surface area contributed by atoms with Gasteiger partial charge in [0.2, 0.25) is 0 Å². The van der Waals surface area contributed by atoms with Crippen LogP contribution < -0.4 is 15.9 Å². The molecule has 0 saturated carbocycles. The van der Waals surface area contributed by atoms with Crippen molar-refractivity contribution in [2.24, 2.45) is 10.8 Å². The SMILES string of the molecule is NC(=O)COc1ccc(C=NNC(=O)c2ccc(CSc3ccccc3)cc2)cc1. The zero-order valence-electron chi connectivity index (χ0n) is 16.2. The number of carbonyl (C=O) groups excluding carboxylic acids is 2. The summed E-state index contributed by atoms with van der Waals surface area (Å²) >= 11 is 1.75. The number of hydrogen-bond donors (Lipinski definition) is 2. The molecule has 0 fully saturated rings. The summed E-state index contributed by atoms with van der Waals surface area (Å²) in [5.41, 5.74) is 10.00. The first-order valence-electron chi connectivity index (χ1n) is 9.21.